The van der Waals surface area contributed by atoms with Crippen LogP contribution in [-0.2, 0) is 6.18 Å². The second kappa shape index (κ2) is 6.35. The molecule has 1 aromatic carbocycles. The summed E-state index contributed by atoms with van der Waals surface area (Å²) in [6, 6.07) is 11.8. The van der Waals surface area contributed by atoms with Gasteiger partial charge in [0.05, 0.1) is 11.3 Å². The quantitative estimate of drug-likeness (QED) is 0.846. The fraction of sp³-hybridized carbons (Fsp3) is 0.312. The molecule has 3 rings (SSSR count). The van der Waals surface area contributed by atoms with Crippen molar-refractivity contribution in [2.24, 2.45) is 0 Å². The minimum absolute atomic E-state index is 0.427. The van der Waals surface area contributed by atoms with E-state index in [0.717, 1.165) is 11.8 Å². The Hall–Kier alpha value is -2.82. The number of nitriles is 1. The average molecular weight is 333 g/mol. The molecule has 1 aliphatic heterocycles. The minimum atomic E-state index is -4.48. The van der Waals surface area contributed by atoms with Crippen LogP contribution >= 0.6 is 0 Å². The Kier molecular flexibility index (Phi) is 4.25. The first kappa shape index (κ1) is 16.1. The van der Waals surface area contributed by atoms with E-state index in [1.165, 1.54) is 6.07 Å². The van der Waals surface area contributed by atoms with Crippen molar-refractivity contribution in [3.8, 4) is 6.07 Å². The van der Waals surface area contributed by atoms with Gasteiger partial charge in [-0.15, -0.1) is 10.2 Å². The lowest BCUT2D eigenvalue weighted by Crippen LogP contribution is -2.47. The first-order valence-electron chi connectivity index (χ1n) is 7.39. The molecule has 1 aromatic heterocycles. The normalized spacial score (nSPS) is 15.2. The van der Waals surface area contributed by atoms with Gasteiger partial charge in [-0.25, -0.2) is 0 Å². The zero-order valence-electron chi connectivity index (χ0n) is 12.7. The second-order valence-corrected chi connectivity index (χ2v) is 5.38. The molecule has 8 heteroatoms. The Labute approximate surface area is 136 Å². The molecule has 24 heavy (non-hydrogen) atoms. The molecule has 5 nitrogen and oxygen atoms in total. The minimum Gasteiger partial charge on any atom is -0.367 e. The summed E-state index contributed by atoms with van der Waals surface area (Å²) in [5.41, 5.74) is 0.492. The highest BCUT2D eigenvalue weighted by Gasteiger charge is 2.33. The Morgan fingerprint density at radius 2 is 1.58 bits per heavy atom. The fourth-order valence-electron chi connectivity index (χ4n) is 2.67. The summed E-state index contributed by atoms with van der Waals surface area (Å²) in [6.07, 6.45) is -4.48. The van der Waals surface area contributed by atoms with Gasteiger partial charge in [0.15, 0.2) is 11.5 Å². The first-order valence-corrected chi connectivity index (χ1v) is 7.39. The number of halogens is 3. The van der Waals surface area contributed by atoms with E-state index in [0.29, 0.717) is 37.6 Å². The second-order valence-electron chi connectivity index (χ2n) is 5.38. The largest absolute Gasteiger partial charge is 0.435 e. The number of hydrogen-bond donors (Lipinski definition) is 0. The molecule has 0 spiro atoms. The van der Waals surface area contributed by atoms with Gasteiger partial charge in [0.25, 0.3) is 0 Å². The Bertz CT molecular complexity index is 744. The van der Waals surface area contributed by atoms with E-state index in [1.807, 2.05) is 23.1 Å². The monoisotopic (exact) mass is 333 g/mol. The molecule has 1 fully saturated rings. The zero-order valence-corrected chi connectivity index (χ0v) is 12.7. The molecule has 1 aliphatic rings. The molecule has 2 heterocycles. The van der Waals surface area contributed by atoms with Crippen LogP contribution in [-0.4, -0.2) is 36.4 Å². The van der Waals surface area contributed by atoms with Crippen LogP contribution < -0.4 is 9.80 Å². The standard InChI is InChI=1S/C16H14F3N5/c17-16(18,19)14-5-6-15(22-21-14)24-9-7-23(8-10-24)13-4-2-1-3-12(13)11-20/h1-6H,7-10H2. The van der Waals surface area contributed by atoms with Crippen LogP contribution in [0.15, 0.2) is 36.4 Å². The van der Waals surface area contributed by atoms with Gasteiger partial charge in [-0.05, 0) is 24.3 Å². The van der Waals surface area contributed by atoms with Crippen molar-refractivity contribution in [2.45, 2.75) is 6.18 Å². The lowest BCUT2D eigenvalue weighted by atomic mass is 10.1. The number of piperazine rings is 1. The third-order valence-electron chi connectivity index (χ3n) is 3.91. The predicted octanol–water partition coefficient (Wildman–Crippen LogP) is 2.69. The smallest absolute Gasteiger partial charge is 0.367 e. The summed E-state index contributed by atoms with van der Waals surface area (Å²) in [6.45, 7) is 2.50. The highest BCUT2D eigenvalue weighted by atomic mass is 19.4. The Balaban J connectivity index is 1.68. The Morgan fingerprint density at radius 1 is 0.917 bits per heavy atom. The number of para-hydroxylation sites is 1. The van der Waals surface area contributed by atoms with Crippen molar-refractivity contribution >= 4 is 11.5 Å². The van der Waals surface area contributed by atoms with Gasteiger partial charge in [-0.3, -0.25) is 0 Å². The van der Waals surface area contributed by atoms with E-state index in [4.69, 9.17) is 0 Å². The molecule has 0 N–H and O–H groups in total. The van der Waals surface area contributed by atoms with E-state index < -0.39 is 11.9 Å². The van der Waals surface area contributed by atoms with Gasteiger partial charge in [-0.2, -0.15) is 18.4 Å². The van der Waals surface area contributed by atoms with Gasteiger partial charge >= 0.3 is 6.18 Å². The van der Waals surface area contributed by atoms with Crippen molar-refractivity contribution in [1.82, 2.24) is 10.2 Å². The molecule has 0 saturated carbocycles. The van der Waals surface area contributed by atoms with Gasteiger partial charge in [0.2, 0.25) is 0 Å². The van der Waals surface area contributed by atoms with Crippen molar-refractivity contribution in [1.29, 1.82) is 5.26 Å². The van der Waals surface area contributed by atoms with Crippen molar-refractivity contribution in [3.05, 3.63) is 47.7 Å². The highest BCUT2D eigenvalue weighted by Crippen LogP contribution is 2.28. The summed E-state index contributed by atoms with van der Waals surface area (Å²) in [4.78, 5) is 3.98. The number of rotatable bonds is 2. The van der Waals surface area contributed by atoms with E-state index >= 15 is 0 Å². The average Bonchev–Trinajstić information content (AvgIpc) is 2.61. The number of benzene rings is 1. The number of hydrogen-bond acceptors (Lipinski definition) is 5. The van der Waals surface area contributed by atoms with E-state index in [2.05, 4.69) is 21.2 Å². The molecule has 1 saturated heterocycles. The summed E-state index contributed by atoms with van der Waals surface area (Å²) in [5.74, 6) is 0.427. The zero-order chi connectivity index (χ0) is 17.2. The van der Waals surface area contributed by atoms with Crippen molar-refractivity contribution in [2.75, 3.05) is 36.0 Å². The van der Waals surface area contributed by atoms with E-state index in [9.17, 15) is 18.4 Å². The third kappa shape index (κ3) is 3.25. The summed E-state index contributed by atoms with van der Waals surface area (Å²) < 4.78 is 37.6. The molecule has 124 valence electrons. The van der Waals surface area contributed by atoms with Gasteiger partial charge < -0.3 is 9.80 Å². The molecular formula is C16H14F3N5. The van der Waals surface area contributed by atoms with Gasteiger partial charge in [0, 0.05) is 26.2 Å². The van der Waals surface area contributed by atoms with Crippen LogP contribution in [0.4, 0.5) is 24.7 Å². The lowest BCUT2D eigenvalue weighted by molar-refractivity contribution is -0.141. The molecule has 0 bridgehead atoms. The Morgan fingerprint density at radius 3 is 2.17 bits per heavy atom. The van der Waals surface area contributed by atoms with Crippen LogP contribution in [0.3, 0.4) is 0 Å². The van der Waals surface area contributed by atoms with E-state index in [1.54, 1.807) is 6.07 Å². The number of aromatic nitrogens is 2. The molecule has 0 aliphatic carbocycles. The van der Waals surface area contributed by atoms with Crippen LogP contribution in [0.25, 0.3) is 0 Å². The molecule has 0 amide bonds. The highest BCUT2D eigenvalue weighted by molar-refractivity contribution is 5.60. The molecule has 2 aromatic rings. The predicted molar refractivity (Wildman–Crippen MR) is 82.6 cm³/mol. The maximum absolute atomic E-state index is 12.5. The SMILES string of the molecule is N#Cc1ccccc1N1CCN(c2ccc(C(F)(F)F)nn2)CC1. The van der Waals surface area contributed by atoms with E-state index in [-0.39, 0.29) is 0 Å². The van der Waals surface area contributed by atoms with Crippen LogP contribution in [0, 0.1) is 11.3 Å². The lowest BCUT2D eigenvalue weighted by Gasteiger charge is -2.36. The fourth-order valence-corrected chi connectivity index (χ4v) is 2.67. The number of anilines is 2. The molecule has 0 unspecified atom stereocenters. The summed E-state index contributed by atoms with van der Waals surface area (Å²) in [5, 5.41) is 16.1. The third-order valence-corrected chi connectivity index (χ3v) is 3.91. The van der Waals surface area contributed by atoms with Crippen LogP contribution in [0.1, 0.15) is 11.3 Å². The maximum atomic E-state index is 12.5. The first-order chi connectivity index (χ1) is 11.5. The van der Waals surface area contributed by atoms with Gasteiger partial charge in [-0.1, -0.05) is 12.1 Å². The maximum Gasteiger partial charge on any atom is 0.435 e. The number of nitrogens with zero attached hydrogens (tertiary/aromatic N) is 5. The molecular weight excluding hydrogens is 319 g/mol. The molecule has 0 atom stereocenters. The van der Waals surface area contributed by atoms with Crippen molar-refractivity contribution in [3.63, 3.8) is 0 Å². The van der Waals surface area contributed by atoms with Gasteiger partial charge in [0.1, 0.15) is 6.07 Å². The van der Waals surface area contributed by atoms with Crippen molar-refractivity contribution < 1.29 is 13.2 Å². The van der Waals surface area contributed by atoms with Crippen LogP contribution in [0.2, 0.25) is 0 Å². The summed E-state index contributed by atoms with van der Waals surface area (Å²) in [7, 11) is 0. The van der Waals surface area contributed by atoms with Crippen LogP contribution in [0.5, 0.6) is 0 Å². The number of alkyl halides is 3. The molecule has 0 radical (unpaired) electrons. The topological polar surface area (TPSA) is 56.1 Å². The summed E-state index contributed by atoms with van der Waals surface area (Å²) >= 11 is 0.